The van der Waals surface area contributed by atoms with Crippen molar-refractivity contribution in [1.82, 2.24) is 9.88 Å². The highest BCUT2D eigenvalue weighted by molar-refractivity contribution is 7.20. The molecule has 0 saturated carbocycles. The average Bonchev–Trinajstić information content (AvgIpc) is 3.27. The Balaban J connectivity index is 1.48. The summed E-state index contributed by atoms with van der Waals surface area (Å²) < 4.78 is 0.535. The quantitative estimate of drug-likeness (QED) is 0.217. The predicted molar refractivity (Wildman–Crippen MR) is 152 cm³/mol. The Kier molecular flexibility index (Phi) is 9.03. The van der Waals surface area contributed by atoms with E-state index in [1.165, 1.54) is 22.5 Å². The molecule has 0 spiro atoms. The van der Waals surface area contributed by atoms with Gasteiger partial charge in [-0.25, -0.2) is 9.78 Å². The molecule has 186 valence electrons. The number of alkyl halides is 1. The van der Waals surface area contributed by atoms with Gasteiger partial charge in [-0.1, -0.05) is 108 Å². The molecule has 0 fully saturated rings. The second-order valence-electron chi connectivity index (χ2n) is 8.85. The molecule has 4 rings (SSSR count). The minimum Gasteiger partial charge on any atom is -0.322 e. The molecule has 0 unspecified atom stereocenters. The van der Waals surface area contributed by atoms with E-state index in [9.17, 15) is 4.79 Å². The first-order valence-corrected chi connectivity index (χ1v) is 13.7. The Labute approximate surface area is 226 Å². The van der Waals surface area contributed by atoms with Crippen molar-refractivity contribution in [2.45, 2.75) is 38.1 Å². The number of carbonyl (C=O) groups is 1. The molecule has 0 saturated heterocycles. The van der Waals surface area contributed by atoms with E-state index in [-0.39, 0.29) is 18.0 Å². The van der Waals surface area contributed by atoms with Gasteiger partial charge in [0, 0.05) is 29.9 Å². The van der Waals surface area contributed by atoms with Crippen LogP contribution in [0.2, 0.25) is 4.34 Å². The number of amides is 2. The molecule has 0 aliphatic heterocycles. The molecule has 0 aliphatic carbocycles. The van der Waals surface area contributed by atoms with Crippen LogP contribution in [0.4, 0.5) is 9.93 Å². The van der Waals surface area contributed by atoms with Crippen LogP contribution in [0.25, 0.3) is 11.3 Å². The molecule has 1 heterocycles. The average molecular weight is 539 g/mol. The summed E-state index contributed by atoms with van der Waals surface area (Å²) in [5.74, 6) is 0.644. The number of hydrogen-bond acceptors (Lipinski definition) is 3. The van der Waals surface area contributed by atoms with E-state index in [0.29, 0.717) is 27.6 Å². The fourth-order valence-electron chi connectivity index (χ4n) is 4.21. The number of aromatic nitrogens is 1. The Bertz CT molecular complexity index is 1220. The Morgan fingerprint density at radius 1 is 0.944 bits per heavy atom. The number of anilines is 1. The maximum absolute atomic E-state index is 13.3. The van der Waals surface area contributed by atoms with E-state index < -0.39 is 0 Å². The number of hydrogen-bond donors (Lipinski definition) is 1. The monoisotopic (exact) mass is 537 g/mol. The topological polar surface area (TPSA) is 45.2 Å². The summed E-state index contributed by atoms with van der Waals surface area (Å²) in [5, 5.41) is 3.45. The minimum atomic E-state index is -0.181. The zero-order chi connectivity index (χ0) is 25.5. The number of nitrogens with zero attached hydrogens (tertiary/aromatic N) is 2. The fraction of sp³-hybridized carbons (Fsp3) is 0.241. The summed E-state index contributed by atoms with van der Waals surface area (Å²) in [7, 11) is 0. The minimum absolute atomic E-state index is 0.0233. The highest BCUT2D eigenvalue weighted by atomic mass is 35.5. The van der Waals surface area contributed by atoms with Crippen LogP contribution < -0.4 is 5.32 Å². The predicted octanol–water partition coefficient (Wildman–Crippen LogP) is 8.67. The number of halogens is 2. The fourth-order valence-corrected chi connectivity index (χ4v) is 5.46. The Hall–Kier alpha value is -2.86. The normalized spacial score (nSPS) is 11.2. The van der Waals surface area contributed by atoms with Crippen molar-refractivity contribution in [3.63, 3.8) is 0 Å². The third-order valence-electron chi connectivity index (χ3n) is 6.13. The molecule has 1 aromatic heterocycles. The van der Waals surface area contributed by atoms with Gasteiger partial charge in [-0.05, 0) is 37.0 Å². The SMILES string of the molecule is CC(C)N(CCC(c1ccccc1)c1ccccc1)C(=O)Nc1nc(-c2ccc(CCl)cc2)c(Cl)s1. The van der Waals surface area contributed by atoms with Gasteiger partial charge in [-0.2, -0.15) is 0 Å². The first kappa shape index (κ1) is 26.2. The van der Waals surface area contributed by atoms with Crippen LogP contribution in [0.3, 0.4) is 0 Å². The highest BCUT2D eigenvalue weighted by Crippen LogP contribution is 2.36. The zero-order valence-electron chi connectivity index (χ0n) is 20.3. The largest absolute Gasteiger partial charge is 0.323 e. The Morgan fingerprint density at radius 2 is 1.53 bits per heavy atom. The summed E-state index contributed by atoms with van der Waals surface area (Å²) in [6.07, 6.45) is 0.802. The standard InChI is InChI=1S/C29H29Cl2N3OS/c1-20(2)34(18-17-25(22-9-5-3-6-10-22)23-11-7-4-8-12-23)29(35)33-28-32-26(27(31)36-28)24-15-13-21(19-30)14-16-24/h3-16,20,25H,17-19H2,1-2H3,(H,32,33,35). The number of carbonyl (C=O) groups excluding carboxylic acids is 1. The van der Waals surface area contributed by atoms with E-state index in [0.717, 1.165) is 17.5 Å². The van der Waals surface area contributed by atoms with Crippen LogP contribution in [0.5, 0.6) is 0 Å². The zero-order valence-corrected chi connectivity index (χ0v) is 22.7. The molecule has 0 atom stereocenters. The third kappa shape index (κ3) is 6.47. The highest BCUT2D eigenvalue weighted by Gasteiger charge is 2.22. The summed E-state index contributed by atoms with van der Waals surface area (Å²) >= 11 is 13.6. The van der Waals surface area contributed by atoms with Gasteiger partial charge in [-0.15, -0.1) is 11.6 Å². The lowest BCUT2D eigenvalue weighted by Gasteiger charge is -2.29. The van der Waals surface area contributed by atoms with E-state index in [2.05, 4.69) is 58.8 Å². The molecular weight excluding hydrogens is 509 g/mol. The summed E-state index contributed by atoms with van der Waals surface area (Å²) in [6.45, 7) is 4.65. The van der Waals surface area contributed by atoms with Gasteiger partial charge >= 0.3 is 6.03 Å². The van der Waals surface area contributed by atoms with Crippen LogP contribution >= 0.6 is 34.5 Å². The van der Waals surface area contributed by atoms with Gasteiger partial charge in [0.25, 0.3) is 0 Å². The molecule has 0 aliphatic rings. The van der Waals surface area contributed by atoms with Crippen LogP contribution in [0.1, 0.15) is 42.9 Å². The van der Waals surface area contributed by atoms with Crippen molar-refractivity contribution in [3.05, 3.63) is 106 Å². The lowest BCUT2D eigenvalue weighted by atomic mass is 9.88. The number of rotatable bonds is 9. The van der Waals surface area contributed by atoms with Gasteiger partial charge in [0.1, 0.15) is 10.0 Å². The Morgan fingerprint density at radius 3 is 2.06 bits per heavy atom. The van der Waals surface area contributed by atoms with Crippen molar-refractivity contribution in [2.24, 2.45) is 0 Å². The van der Waals surface area contributed by atoms with Gasteiger partial charge in [-0.3, -0.25) is 5.32 Å². The van der Waals surface area contributed by atoms with Gasteiger partial charge in [0.2, 0.25) is 0 Å². The summed E-state index contributed by atoms with van der Waals surface area (Å²) in [5.41, 5.74) is 5.05. The molecule has 3 aromatic carbocycles. The van der Waals surface area contributed by atoms with E-state index in [1.54, 1.807) is 0 Å². The molecule has 4 aromatic rings. The number of benzene rings is 3. The third-order valence-corrected chi connectivity index (χ3v) is 7.61. The molecule has 1 N–H and O–H groups in total. The maximum atomic E-state index is 13.3. The molecule has 4 nitrogen and oxygen atoms in total. The number of nitrogens with one attached hydrogen (secondary N) is 1. The second-order valence-corrected chi connectivity index (χ2v) is 10.7. The van der Waals surface area contributed by atoms with Crippen LogP contribution in [0.15, 0.2) is 84.9 Å². The maximum Gasteiger partial charge on any atom is 0.323 e. The van der Waals surface area contributed by atoms with Gasteiger partial charge in [0.15, 0.2) is 5.13 Å². The molecule has 0 radical (unpaired) electrons. The van der Waals surface area contributed by atoms with Crippen molar-refractivity contribution in [1.29, 1.82) is 0 Å². The number of thiazole rings is 1. The molecular formula is C29H29Cl2N3OS. The van der Waals surface area contributed by atoms with Crippen molar-refractivity contribution in [2.75, 3.05) is 11.9 Å². The molecule has 7 heteroatoms. The van der Waals surface area contributed by atoms with E-state index in [4.69, 9.17) is 23.2 Å². The number of urea groups is 1. The molecule has 2 amide bonds. The van der Waals surface area contributed by atoms with Crippen molar-refractivity contribution < 1.29 is 4.79 Å². The first-order valence-electron chi connectivity index (χ1n) is 12.0. The lowest BCUT2D eigenvalue weighted by Crippen LogP contribution is -2.41. The lowest BCUT2D eigenvalue weighted by molar-refractivity contribution is 0.195. The van der Waals surface area contributed by atoms with Gasteiger partial charge in [0.05, 0.1) is 0 Å². The summed E-state index contributed by atoms with van der Waals surface area (Å²) in [6, 6.07) is 28.5. The summed E-state index contributed by atoms with van der Waals surface area (Å²) in [4.78, 5) is 19.8. The first-order chi connectivity index (χ1) is 17.5. The molecule has 0 bridgehead atoms. The van der Waals surface area contributed by atoms with E-state index in [1.807, 2.05) is 55.1 Å². The van der Waals surface area contributed by atoms with Crippen LogP contribution in [-0.2, 0) is 5.88 Å². The molecule has 36 heavy (non-hydrogen) atoms. The smallest absolute Gasteiger partial charge is 0.322 e. The van der Waals surface area contributed by atoms with Crippen LogP contribution in [0, 0.1) is 0 Å². The van der Waals surface area contributed by atoms with Crippen molar-refractivity contribution >= 4 is 45.7 Å². The van der Waals surface area contributed by atoms with E-state index >= 15 is 0 Å². The second kappa shape index (κ2) is 12.4. The van der Waals surface area contributed by atoms with Crippen LogP contribution in [-0.4, -0.2) is 28.5 Å². The van der Waals surface area contributed by atoms with Crippen molar-refractivity contribution in [3.8, 4) is 11.3 Å². The van der Waals surface area contributed by atoms with Gasteiger partial charge < -0.3 is 4.90 Å².